The lowest BCUT2D eigenvalue weighted by Crippen LogP contribution is -2.61. The molecule has 1 aromatic heterocycles. The molecular weight excluding hydrogens is 456 g/mol. The van der Waals surface area contributed by atoms with E-state index in [-0.39, 0.29) is 17.1 Å². The van der Waals surface area contributed by atoms with Crippen LogP contribution in [-0.4, -0.2) is 44.8 Å². The normalized spacial score (nSPS) is 33.7. The SMILES string of the molecule is C=Cc1nc(C(C)=NC)c(=O)n(C(C)CC2CCCC(C)(CC)N2C2CC3CC(C)CC(C3)C2)c1C=C. The fourth-order valence-electron chi connectivity index (χ4n) is 8.34. The quantitative estimate of drug-likeness (QED) is 0.352. The van der Waals surface area contributed by atoms with Gasteiger partial charge in [0, 0.05) is 30.7 Å². The lowest BCUT2D eigenvalue weighted by atomic mass is 9.65. The first-order chi connectivity index (χ1) is 17.6. The molecule has 2 heterocycles. The number of nitrogens with zero attached hydrogens (tertiary/aromatic N) is 4. The van der Waals surface area contributed by atoms with Crippen LogP contribution in [-0.2, 0) is 0 Å². The van der Waals surface area contributed by atoms with E-state index < -0.39 is 0 Å². The highest BCUT2D eigenvalue weighted by atomic mass is 16.1. The molecule has 0 radical (unpaired) electrons. The maximum absolute atomic E-state index is 13.8. The summed E-state index contributed by atoms with van der Waals surface area (Å²) in [5, 5.41) is 0. The largest absolute Gasteiger partial charge is 0.302 e. The van der Waals surface area contributed by atoms with Gasteiger partial charge in [0.05, 0.1) is 17.1 Å². The van der Waals surface area contributed by atoms with Gasteiger partial charge in [-0.3, -0.25) is 14.7 Å². The Bertz CT molecular complexity index is 1070. The summed E-state index contributed by atoms with van der Waals surface area (Å²) in [7, 11) is 1.71. The summed E-state index contributed by atoms with van der Waals surface area (Å²) < 4.78 is 1.92. The first-order valence-electron chi connectivity index (χ1n) is 14.8. The molecule has 2 bridgehead atoms. The molecule has 1 saturated heterocycles. The standard InChI is InChI=1S/C32H50N4O/c1-9-28-29(10-2)35(31(37)30(34-28)23(6)33-8)22(5)17-26-13-12-14-32(7,11-3)36(26)27-19-24-15-21(4)16-25(18-24)20-27/h9-10,21-22,24-27H,1-2,11-20H2,3-8H3. The first kappa shape index (κ1) is 28.0. The Morgan fingerprint density at radius 3 is 2.43 bits per heavy atom. The monoisotopic (exact) mass is 506 g/mol. The molecule has 3 fully saturated rings. The van der Waals surface area contributed by atoms with Crippen molar-refractivity contribution in [2.75, 3.05) is 7.05 Å². The highest BCUT2D eigenvalue weighted by molar-refractivity contribution is 5.96. The van der Waals surface area contributed by atoms with Crippen molar-refractivity contribution in [3.63, 3.8) is 0 Å². The number of fused-ring (bicyclic) bond motifs is 2. The predicted molar refractivity (Wildman–Crippen MR) is 157 cm³/mol. The summed E-state index contributed by atoms with van der Waals surface area (Å²) in [6.45, 7) is 19.4. The van der Waals surface area contributed by atoms with E-state index in [1.54, 1.807) is 19.2 Å². The van der Waals surface area contributed by atoms with Crippen LogP contribution in [0, 0.1) is 17.8 Å². The number of aliphatic imine (C=N–C) groups is 1. The molecular formula is C32H50N4O. The minimum absolute atomic E-state index is 0.0282. The molecule has 0 aromatic carbocycles. The van der Waals surface area contributed by atoms with Crippen LogP contribution in [0.5, 0.6) is 0 Å². The number of hydrogen-bond acceptors (Lipinski definition) is 4. The lowest BCUT2D eigenvalue weighted by Gasteiger charge is -2.57. The van der Waals surface area contributed by atoms with E-state index in [1.165, 1.54) is 57.8 Å². The van der Waals surface area contributed by atoms with E-state index in [4.69, 9.17) is 0 Å². The Kier molecular flexibility index (Phi) is 8.62. The van der Waals surface area contributed by atoms with Crippen molar-refractivity contribution in [3.05, 3.63) is 40.6 Å². The van der Waals surface area contributed by atoms with Crippen LogP contribution in [0.2, 0.25) is 0 Å². The highest BCUT2D eigenvalue weighted by Crippen LogP contribution is 2.48. The van der Waals surface area contributed by atoms with Crippen LogP contribution in [0.25, 0.3) is 12.2 Å². The number of likely N-dealkylation sites (tertiary alicyclic amines) is 1. The van der Waals surface area contributed by atoms with Crippen LogP contribution in [0.1, 0.15) is 122 Å². The van der Waals surface area contributed by atoms with Gasteiger partial charge < -0.3 is 4.57 Å². The number of aromatic nitrogens is 2. The van der Waals surface area contributed by atoms with Crippen LogP contribution < -0.4 is 5.56 Å². The lowest BCUT2D eigenvalue weighted by molar-refractivity contribution is -0.0689. The Labute approximate surface area is 225 Å². The average Bonchev–Trinajstić information content (AvgIpc) is 2.87. The van der Waals surface area contributed by atoms with E-state index in [0.717, 1.165) is 29.9 Å². The van der Waals surface area contributed by atoms with Gasteiger partial charge in [-0.2, -0.15) is 0 Å². The van der Waals surface area contributed by atoms with Gasteiger partial charge in [-0.25, -0.2) is 4.98 Å². The molecule has 0 N–H and O–H groups in total. The molecule has 1 aromatic rings. The van der Waals surface area contributed by atoms with Crippen LogP contribution in [0.15, 0.2) is 22.9 Å². The third-order valence-corrected chi connectivity index (χ3v) is 10.1. The Morgan fingerprint density at radius 1 is 1.19 bits per heavy atom. The minimum Gasteiger partial charge on any atom is -0.302 e. The van der Waals surface area contributed by atoms with Crippen LogP contribution in [0.4, 0.5) is 0 Å². The second-order valence-electron chi connectivity index (χ2n) is 12.7. The Balaban J connectivity index is 1.70. The molecule has 4 rings (SSSR count). The third-order valence-electron chi connectivity index (χ3n) is 10.1. The van der Waals surface area contributed by atoms with Crippen molar-refractivity contribution in [3.8, 4) is 0 Å². The summed E-state index contributed by atoms with van der Waals surface area (Å²) in [5.74, 6) is 2.66. The average molecular weight is 507 g/mol. The van der Waals surface area contributed by atoms with Gasteiger partial charge in [0.15, 0.2) is 0 Å². The topological polar surface area (TPSA) is 50.5 Å². The zero-order chi connectivity index (χ0) is 26.9. The number of piperidine rings is 1. The minimum atomic E-state index is -0.0714. The maximum Gasteiger partial charge on any atom is 0.279 e. The smallest absolute Gasteiger partial charge is 0.279 e. The van der Waals surface area contributed by atoms with Crippen molar-refractivity contribution < 1.29 is 0 Å². The van der Waals surface area contributed by atoms with E-state index >= 15 is 0 Å². The summed E-state index contributed by atoms with van der Waals surface area (Å²) in [4.78, 5) is 25.6. The fraction of sp³-hybridized carbons (Fsp3) is 0.719. The zero-order valence-electron chi connectivity index (χ0n) is 24.3. The Hall–Kier alpha value is -2.01. The summed E-state index contributed by atoms with van der Waals surface area (Å²) >= 11 is 0. The van der Waals surface area contributed by atoms with Gasteiger partial charge in [0.1, 0.15) is 5.69 Å². The van der Waals surface area contributed by atoms with Crippen LogP contribution in [0.3, 0.4) is 0 Å². The summed E-state index contributed by atoms with van der Waals surface area (Å²) in [5.41, 5.74) is 2.71. The van der Waals surface area contributed by atoms with Crippen molar-refractivity contribution in [2.45, 2.75) is 122 Å². The van der Waals surface area contributed by atoms with Crippen molar-refractivity contribution in [1.29, 1.82) is 0 Å². The van der Waals surface area contributed by atoms with Gasteiger partial charge >= 0.3 is 0 Å². The van der Waals surface area contributed by atoms with Gasteiger partial charge in [0.2, 0.25) is 0 Å². The number of hydrogen-bond donors (Lipinski definition) is 0. The molecule has 3 aliphatic rings. The second-order valence-corrected chi connectivity index (χ2v) is 12.7. The molecule has 5 nitrogen and oxygen atoms in total. The predicted octanol–water partition coefficient (Wildman–Crippen LogP) is 7.16. The van der Waals surface area contributed by atoms with Crippen LogP contribution >= 0.6 is 0 Å². The highest BCUT2D eigenvalue weighted by Gasteiger charge is 2.46. The van der Waals surface area contributed by atoms with Gasteiger partial charge in [-0.1, -0.05) is 33.4 Å². The first-order valence-corrected chi connectivity index (χ1v) is 14.8. The zero-order valence-corrected chi connectivity index (χ0v) is 24.3. The Morgan fingerprint density at radius 2 is 1.86 bits per heavy atom. The molecule has 1 aliphatic heterocycles. The third kappa shape index (κ3) is 5.44. The van der Waals surface area contributed by atoms with E-state index in [0.29, 0.717) is 29.2 Å². The molecule has 5 atom stereocenters. The summed E-state index contributed by atoms with van der Waals surface area (Å²) in [6, 6.07) is 1.17. The molecule has 0 spiro atoms. The van der Waals surface area contributed by atoms with E-state index in [1.807, 2.05) is 11.5 Å². The van der Waals surface area contributed by atoms with Gasteiger partial charge in [-0.15, -0.1) is 0 Å². The summed E-state index contributed by atoms with van der Waals surface area (Å²) in [6.07, 6.45) is 16.4. The van der Waals surface area contributed by atoms with Crippen molar-refractivity contribution in [1.82, 2.24) is 14.5 Å². The second kappa shape index (κ2) is 11.4. The molecule has 204 valence electrons. The molecule has 2 aliphatic carbocycles. The molecule has 37 heavy (non-hydrogen) atoms. The van der Waals surface area contributed by atoms with Crippen molar-refractivity contribution in [2.24, 2.45) is 22.7 Å². The van der Waals surface area contributed by atoms with E-state index in [9.17, 15) is 4.79 Å². The number of rotatable bonds is 8. The fourth-order valence-corrected chi connectivity index (χ4v) is 8.34. The van der Waals surface area contributed by atoms with Gasteiger partial charge in [-0.05, 0) is 108 Å². The van der Waals surface area contributed by atoms with Gasteiger partial charge in [0.25, 0.3) is 5.56 Å². The molecule has 2 saturated carbocycles. The molecule has 0 amide bonds. The maximum atomic E-state index is 13.8. The molecule has 5 heteroatoms. The van der Waals surface area contributed by atoms with E-state index in [2.05, 4.69) is 55.7 Å². The molecule has 5 unspecified atom stereocenters. The van der Waals surface area contributed by atoms with Crippen molar-refractivity contribution >= 4 is 17.9 Å².